The second-order valence-corrected chi connectivity index (χ2v) is 3.89. The highest BCUT2D eigenvalue weighted by Crippen LogP contribution is 2.14. The van der Waals surface area contributed by atoms with E-state index in [4.69, 9.17) is 10.00 Å². The lowest BCUT2D eigenvalue weighted by Gasteiger charge is -2.03. The van der Waals surface area contributed by atoms with Crippen molar-refractivity contribution in [2.45, 2.75) is 6.61 Å². The van der Waals surface area contributed by atoms with Gasteiger partial charge in [0.15, 0.2) is 0 Å². The second-order valence-electron chi connectivity index (χ2n) is 2.86. The predicted molar refractivity (Wildman–Crippen MR) is 57.6 cm³/mol. The number of ether oxygens (including phenoxy) is 1. The molecule has 2 heterocycles. The van der Waals surface area contributed by atoms with Gasteiger partial charge in [0.1, 0.15) is 24.1 Å². The first-order valence-electron chi connectivity index (χ1n) is 4.40. The molecule has 0 spiro atoms. The van der Waals surface area contributed by atoms with Crippen LogP contribution in [0.3, 0.4) is 0 Å². The van der Waals surface area contributed by atoms with Gasteiger partial charge in [-0.2, -0.15) is 5.26 Å². The van der Waals surface area contributed by atoms with Crippen LogP contribution in [0.5, 0.6) is 5.75 Å². The second kappa shape index (κ2) is 4.58. The van der Waals surface area contributed by atoms with Crippen LogP contribution in [-0.2, 0) is 6.61 Å². The third-order valence-corrected chi connectivity index (χ3v) is 2.66. The van der Waals surface area contributed by atoms with Crippen LogP contribution in [0.15, 0.2) is 35.8 Å². The van der Waals surface area contributed by atoms with Crippen molar-refractivity contribution in [2.75, 3.05) is 0 Å². The zero-order valence-corrected chi connectivity index (χ0v) is 8.70. The Bertz CT molecular complexity index is 456. The molecule has 0 N–H and O–H groups in total. The quantitative estimate of drug-likeness (QED) is 0.792. The van der Waals surface area contributed by atoms with Crippen LogP contribution in [0.25, 0.3) is 0 Å². The van der Waals surface area contributed by atoms with Crippen LogP contribution in [0, 0.1) is 11.3 Å². The molecule has 3 nitrogen and oxygen atoms in total. The van der Waals surface area contributed by atoms with Gasteiger partial charge in [0, 0.05) is 4.88 Å². The maximum absolute atomic E-state index is 8.56. The molecule has 0 saturated heterocycles. The van der Waals surface area contributed by atoms with E-state index in [1.54, 1.807) is 29.7 Å². The molecule has 2 rings (SSSR count). The lowest BCUT2D eigenvalue weighted by atomic mass is 10.4. The lowest BCUT2D eigenvalue weighted by Crippen LogP contribution is -1.93. The van der Waals surface area contributed by atoms with Gasteiger partial charge >= 0.3 is 0 Å². The molecule has 15 heavy (non-hydrogen) atoms. The molecule has 2 aromatic rings. The van der Waals surface area contributed by atoms with Crippen LogP contribution in [0.4, 0.5) is 0 Å². The maximum atomic E-state index is 8.56. The Morgan fingerprint density at radius 3 is 2.93 bits per heavy atom. The van der Waals surface area contributed by atoms with Crippen molar-refractivity contribution in [3.05, 3.63) is 46.4 Å². The van der Waals surface area contributed by atoms with E-state index in [1.807, 2.05) is 23.6 Å². The molecule has 0 aliphatic carbocycles. The van der Waals surface area contributed by atoms with Gasteiger partial charge in [0.25, 0.3) is 0 Å². The van der Waals surface area contributed by atoms with Gasteiger partial charge in [-0.3, -0.25) is 0 Å². The van der Waals surface area contributed by atoms with Crippen molar-refractivity contribution in [2.24, 2.45) is 0 Å². The van der Waals surface area contributed by atoms with Crippen molar-refractivity contribution in [1.29, 1.82) is 5.26 Å². The van der Waals surface area contributed by atoms with Gasteiger partial charge < -0.3 is 4.74 Å². The summed E-state index contributed by atoms with van der Waals surface area (Å²) >= 11 is 1.65. The van der Waals surface area contributed by atoms with Crippen molar-refractivity contribution in [3.63, 3.8) is 0 Å². The van der Waals surface area contributed by atoms with Crippen molar-refractivity contribution >= 4 is 11.3 Å². The lowest BCUT2D eigenvalue weighted by molar-refractivity contribution is 0.308. The first-order valence-corrected chi connectivity index (χ1v) is 5.28. The van der Waals surface area contributed by atoms with E-state index in [2.05, 4.69) is 4.98 Å². The Morgan fingerprint density at radius 2 is 2.33 bits per heavy atom. The SMILES string of the molecule is N#Cc1ccc(OCc2cccs2)cn1. The Hall–Kier alpha value is -1.86. The molecule has 0 aliphatic rings. The molecule has 0 aromatic carbocycles. The van der Waals surface area contributed by atoms with Gasteiger partial charge in [0.05, 0.1) is 6.20 Å². The van der Waals surface area contributed by atoms with Crippen LogP contribution in [-0.4, -0.2) is 4.98 Å². The average Bonchev–Trinajstić information content (AvgIpc) is 2.80. The summed E-state index contributed by atoms with van der Waals surface area (Å²) in [7, 11) is 0. The van der Waals surface area contributed by atoms with E-state index in [1.165, 1.54) is 4.88 Å². The fourth-order valence-electron chi connectivity index (χ4n) is 1.08. The van der Waals surface area contributed by atoms with Crippen LogP contribution >= 0.6 is 11.3 Å². The van der Waals surface area contributed by atoms with Gasteiger partial charge in [0.2, 0.25) is 0 Å². The maximum Gasteiger partial charge on any atom is 0.140 e. The monoisotopic (exact) mass is 216 g/mol. The summed E-state index contributed by atoms with van der Waals surface area (Å²) in [5, 5.41) is 10.6. The van der Waals surface area contributed by atoms with Crippen LogP contribution in [0.2, 0.25) is 0 Å². The molecular weight excluding hydrogens is 208 g/mol. The molecule has 0 amide bonds. The highest BCUT2D eigenvalue weighted by atomic mass is 32.1. The number of nitriles is 1. The fourth-order valence-corrected chi connectivity index (χ4v) is 1.70. The Kier molecular flexibility index (Phi) is 2.96. The summed E-state index contributed by atoms with van der Waals surface area (Å²) in [4.78, 5) is 5.08. The number of pyridine rings is 1. The largest absolute Gasteiger partial charge is 0.486 e. The smallest absolute Gasteiger partial charge is 0.140 e. The molecule has 0 atom stereocenters. The molecule has 0 bridgehead atoms. The molecule has 0 unspecified atom stereocenters. The number of hydrogen-bond acceptors (Lipinski definition) is 4. The normalized spacial score (nSPS) is 9.53. The van der Waals surface area contributed by atoms with E-state index >= 15 is 0 Å². The molecule has 0 saturated carbocycles. The number of thiophene rings is 1. The first-order chi connectivity index (χ1) is 7.38. The molecular formula is C11H8N2OS. The summed E-state index contributed by atoms with van der Waals surface area (Å²) in [5.74, 6) is 0.683. The minimum atomic E-state index is 0.401. The number of aromatic nitrogens is 1. The first kappa shape index (κ1) is 9.69. The highest BCUT2D eigenvalue weighted by Gasteiger charge is 1.97. The van der Waals surface area contributed by atoms with E-state index in [0.717, 1.165) is 0 Å². The molecule has 0 radical (unpaired) electrons. The highest BCUT2D eigenvalue weighted by molar-refractivity contribution is 7.09. The van der Waals surface area contributed by atoms with Crippen molar-refractivity contribution in [1.82, 2.24) is 4.98 Å². The zero-order valence-electron chi connectivity index (χ0n) is 7.88. The summed E-state index contributed by atoms with van der Waals surface area (Å²) in [6.07, 6.45) is 1.56. The van der Waals surface area contributed by atoms with E-state index in [0.29, 0.717) is 18.1 Å². The molecule has 2 aromatic heterocycles. The number of rotatable bonds is 3. The number of nitrogens with zero attached hydrogens (tertiary/aromatic N) is 2. The standard InChI is InChI=1S/C11H8N2OS/c12-6-9-3-4-10(7-13-9)14-8-11-2-1-5-15-11/h1-5,7H,8H2. The van der Waals surface area contributed by atoms with E-state index in [9.17, 15) is 0 Å². The van der Waals surface area contributed by atoms with Gasteiger partial charge in [-0.25, -0.2) is 4.98 Å². The van der Waals surface area contributed by atoms with Gasteiger partial charge in [-0.1, -0.05) is 6.07 Å². The van der Waals surface area contributed by atoms with Crippen LogP contribution < -0.4 is 4.74 Å². The minimum Gasteiger partial charge on any atom is -0.486 e. The Balaban J connectivity index is 1.97. The van der Waals surface area contributed by atoms with Crippen LogP contribution in [0.1, 0.15) is 10.6 Å². The van der Waals surface area contributed by atoms with E-state index in [-0.39, 0.29) is 0 Å². The molecule has 0 aliphatic heterocycles. The third-order valence-electron chi connectivity index (χ3n) is 1.81. The fraction of sp³-hybridized carbons (Fsp3) is 0.0909. The zero-order chi connectivity index (χ0) is 10.5. The Morgan fingerprint density at radius 1 is 1.40 bits per heavy atom. The van der Waals surface area contributed by atoms with Crippen molar-refractivity contribution in [3.8, 4) is 11.8 Å². The summed E-state index contributed by atoms with van der Waals surface area (Å²) in [6, 6.07) is 9.35. The van der Waals surface area contributed by atoms with Gasteiger partial charge in [-0.05, 0) is 23.6 Å². The predicted octanol–water partition coefficient (Wildman–Crippen LogP) is 2.59. The molecule has 74 valence electrons. The van der Waals surface area contributed by atoms with Gasteiger partial charge in [-0.15, -0.1) is 11.3 Å². The number of hydrogen-bond donors (Lipinski definition) is 0. The van der Waals surface area contributed by atoms with Crippen molar-refractivity contribution < 1.29 is 4.74 Å². The summed E-state index contributed by atoms with van der Waals surface area (Å²) < 4.78 is 5.49. The average molecular weight is 216 g/mol. The Labute approximate surface area is 91.6 Å². The molecule has 0 fully saturated rings. The minimum absolute atomic E-state index is 0.401. The summed E-state index contributed by atoms with van der Waals surface area (Å²) in [6.45, 7) is 0.547. The third kappa shape index (κ3) is 2.55. The molecule has 4 heteroatoms. The van der Waals surface area contributed by atoms with E-state index < -0.39 is 0 Å². The topological polar surface area (TPSA) is 45.9 Å². The summed E-state index contributed by atoms with van der Waals surface area (Å²) in [5.41, 5.74) is 0.401.